The number of nitrogens with zero attached hydrogens (tertiary/aromatic N) is 1. The molecule has 128 valence electrons. The molecule has 2 aromatic rings. The fourth-order valence-electron chi connectivity index (χ4n) is 2.25. The number of unbranched alkanes of at least 4 members (excludes halogenated alkanes) is 2. The van der Waals surface area contributed by atoms with Crippen molar-refractivity contribution >= 4 is 5.97 Å². The molecule has 0 aliphatic heterocycles. The molecule has 0 aliphatic carbocycles. The highest BCUT2D eigenvalue weighted by molar-refractivity contribution is 5.88. The molecule has 4 heteroatoms. The van der Waals surface area contributed by atoms with Gasteiger partial charge in [-0.2, -0.15) is 0 Å². The van der Waals surface area contributed by atoms with Gasteiger partial charge in [-0.05, 0) is 56.7 Å². The Bertz CT molecular complexity index is 650. The minimum atomic E-state index is -0.400. The SMILES string of the molecule is CCCCCOc1ccc(-c2cccc(C(=O)OC(C)C)n2)cc1. The normalized spacial score (nSPS) is 10.7. The van der Waals surface area contributed by atoms with Crippen LogP contribution in [0.15, 0.2) is 42.5 Å². The van der Waals surface area contributed by atoms with Gasteiger partial charge in [-0.15, -0.1) is 0 Å². The molecule has 1 aromatic heterocycles. The van der Waals surface area contributed by atoms with Gasteiger partial charge in [-0.1, -0.05) is 25.8 Å². The molecule has 0 radical (unpaired) electrons. The van der Waals surface area contributed by atoms with Crippen molar-refractivity contribution in [2.45, 2.75) is 46.1 Å². The first-order valence-electron chi connectivity index (χ1n) is 8.51. The molecule has 0 amide bonds. The van der Waals surface area contributed by atoms with Crippen LogP contribution in [0, 0.1) is 0 Å². The van der Waals surface area contributed by atoms with Crippen molar-refractivity contribution in [1.82, 2.24) is 4.98 Å². The van der Waals surface area contributed by atoms with E-state index in [1.165, 1.54) is 12.8 Å². The molecule has 1 aromatic carbocycles. The van der Waals surface area contributed by atoms with Crippen molar-refractivity contribution in [3.05, 3.63) is 48.2 Å². The fraction of sp³-hybridized carbons (Fsp3) is 0.400. The molecule has 4 nitrogen and oxygen atoms in total. The van der Waals surface area contributed by atoms with Crippen LogP contribution in [0.1, 0.15) is 50.5 Å². The van der Waals surface area contributed by atoms with Crippen molar-refractivity contribution in [1.29, 1.82) is 0 Å². The molecule has 0 N–H and O–H groups in total. The van der Waals surface area contributed by atoms with E-state index in [0.29, 0.717) is 5.69 Å². The number of hydrogen-bond acceptors (Lipinski definition) is 4. The van der Waals surface area contributed by atoms with Gasteiger partial charge in [0.1, 0.15) is 11.4 Å². The summed E-state index contributed by atoms with van der Waals surface area (Å²) >= 11 is 0. The van der Waals surface area contributed by atoms with Crippen LogP contribution in [0.25, 0.3) is 11.3 Å². The molecular weight excluding hydrogens is 302 g/mol. The van der Waals surface area contributed by atoms with Crippen molar-refractivity contribution in [2.24, 2.45) is 0 Å². The lowest BCUT2D eigenvalue weighted by Crippen LogP contribution is -2.13. The summed E-state index contributed by atoms with van der Waals surface area (Å²) in [6.45, 7) is 6.55. The fourth-order valence-corrected chi connectivity index (χ4v) is 2.25. The molecular formula is C20H25NO3. The second-order valence-electron chi connectivity index (χ2n) is 5.94. The van der Waals surface area contributed by atoms with Gasteiger partial charge in [0.25, 0.3) is 0 Å². The van der Waals surface area contributed by atoms with Crippen molar-refractivity contribution in [2.75, 3.05) is 6.61 Å². The predicted molar refractivity (Wildman–Crippen MR) is 95.2 cm³/mol. The molecule has 0 bridgehead atoms. The summed E-state index contributed by atoms with van der Waals surface area (Å²) in [6, 6.07) is 13.1. The maximum absolute atomic E-state index is 12.0. The van der Waals surface area contributed by atoms with E-state index < -0.39 is 5.97 Å². The van der Waals surface area contributed by atoms with Gasteiger partial charge in [0, 0.05) is 5.56 Å². The smallest absolute Gasteiger partial charge is 0.357 e. The van der Waals surface area contributed by atoms with Gasteiger partial charge in [0.2, 0.25) is 0 Å². The summed E-state index contributed by atoms with van der Waals surface area (Å²) < 4.78 is 10.9. The zero-order chi connectivity index (χ0) is 17.4. The molecule has 0 saturated carbocycles. The lowest BCUT2D eigenvalue weighted by atomic mass is 10.1. The predicted octanol–water partition coefficient (Wildman–Crippen LogP) is 4.88. The van der Waals surface area contributed by atoms with E-state index in [2.05, 4.69) is 11.9 Å². The largest absolute Gasteiger partial charge is 0.494 e. The van der Waals surface area contributed by atoms with Crippen LogP contribution in [0.2, 0.25) is 0 Å². The standard InChI is InChI=1S/C20H25NO3/c1-4-5-6-14-23-17-12-10-16(11-13-17)18-8-7-9-19(21-18)20(22)24-15(2)3/h7-13,15H,4-6,14H2,1-3H3. The van der Waals surface area contributed by atoms with Gasteiger partial charge < -0.3 is 9.47 Å². The molecule has 0 saturated heterocycles. The van der Waals surface area contributed by atoms with Crippen LogP contribution >= 0.6 is 0 Å². The Hall–Kier alpha value is -2.36. The van der Waals surface area contributed by atoms with Crippen LogP contribution in [0.3, 0.4) is 0 Å². The van der Waals surface area contributed by atoms with E-state index in [1.54, 1.807) is 6.07 Å². The van der Waals surface area contributed by atoms with E-state index >= 15 is 0 Å². The zero-order valence-electron chi connectivity index (χ0n) is 14.6. The molecule has 0 spiro atoms. The van der Waals surface area contributed by atoms with E-state index in [1.807, 2.05) is 50.2 Å². The van der Waals surface area contributed by atoms with E-state index in [0.717, 1.165) is 30.0 Å². The highest BCUT2D eigenvalue weighted by Gasteiger charge is 2.12. The van der Waals surface area contributed by atoms with Gasteiger partial charge in [-0.3, -0.25) is 0 Å². The van der Waals surface area contributed by atoms with Crippen molar-refractivity contribution < 1.29 is 14.3 Å². The second kappa shape index (κ2) is 9.06. The third-order valence-electron chi connectivity index (χ3n) is 3.47. The monoisotopic (exact) mass is 327 g/mol. The Labute approximate surface area is 143 Å². The molecule has 0 aliphatic rings. The summed E-state index contributed by atoms with van der Waals surface area (Å²) in [4.78, 5) is 16.4. The summed E-state index contributed by atoms with van der Waals surface area (Å²) in [6.07, 6.45) is 3.28. The third kappa shape index (κ3) is 5.37. The van der Waals surface area contributed by atoms with E-state index in [9.17, 15) is 4.79 Å². The maximum atomic E-state index is 12.0. The minimum absolute atomic E-state index is 0.160. The molecule has 2 rings (SSSR count). The van der Waals surface area contributed by atoms with Crippen LogP contribution < -0.4 is 4.74 Å². The highest BCUT2D eigenvalue weighted by Crippen LogP contribution is 2.21. The number of benzene rings is 1. The molecule has 24 heavy (non-hydrogen) atoms. The summed E-state index contributed by atoms with van der Waals surface area (Å²) in [5, 5.41) is 0. The number of ether oxygens (including phenoxy) is 2. The van der Waals surface area contributed by atoms with E-state index in [-0.39, 0.29) is 6.10 Å². The summed E-state index contributed by atoms with van der Waals surface area (Å²) in [7, 11) is 0. The Morgan fingerprint density at radius 3 is 2.50 bits per heavy atom. The average molecular weight is 327 g/mol. The van der Waals surface area contributed by atoms with Gasteiger partial charge in [0.15, 0.2) is 0 Å². The number of aromatic nitrogens is 1. The molecule has 0 atom stereocenters. The maximum Gasteiger partial charge on any atom is 0.357 e. The average Bonchev–Trinajstić information content (AvgIpc) is 2.59. The molecule has 1 heterocycles. The minimum Gasteiger partial charge on any atom is -0.494 e. The van der Waals surface area contributed by atoms with E-state index in [4.69, 9.17) is 9.47 Å². The number of carbonyl (C=O) groups is 1. The zero-order valence-corrected chi connectivity index (χ0v) is 14.6. The van der Waals surface area contributed by atoms with Gasteiger partial charge in [-0.25, -0.2) is 9.78 Å². The van der Waals surface area contributed by atoms with Gasteiger partial charge >= 0.3 is 5.97 Å². The van der Waals surface area contributed by atoms with Crippen LogP contribution in [-0.2, 0) is 4.74 Å². The lowest BCUT2D eigenvalue weighted by molar-refractivity contribution is 0.0371. The third-order valence-corrected chi connectivity index (χ3v) is 3.47. The Morgan fingerprint density at radius 1 is 1.08 bits per heavy atom. The number of carbonyl (C=O) groups excluding carboxylic acids is 1. The second-order valence-corrected chi connectivity index (χ2v) is 5.94. The Kier molecular flexibility index (Phi) is 6.79. The Morgan fingerprint density at radius 2 is 1.83 bits per heavy atom. The lowest BCUT2D eigenvalue weighted by Gasteiger charge is -2.09. The van der Waals surface area contributed by atoms with Crippen LogP contribution in [0.5, 0.6) is 5.75 Å². The van der Waals surface area contributed by atoms with Crippen LogP contribution in [0.4, 0.5) is 0 Å². The summed E-state index contributed by atoms with van der Waals surface area (Å²) in [5.74, 6) is 0.452. The summed E-state index contributed by atoms with van der Waals surface area (Å²) in [5.41, 5.74) is 2.00. The van der Waals surface area contributed by atoms with Gasteiger partial charge in [0.05, 0.1) is 18.4 Å². The molecule has 0 unspecified atom stereocenters. The van der Waals surface area contributed by atoms with Crippen LogP contribution in [-0.4, -0.2) is 23.7 Å². The first-order chi connectivity index (χ1) is 11.6. The first kappa shape index (κ1) is 18.0. The highest BCUT2D eigenvalue weighted by atomic mass is 16.5. The quantitative estimate of drug-likeness (QED) is 0.512. The molecule has 0 fully saturated rings. The first-order valence-corrected chi connectivity index (χ1v) is 8.51. The number of hydrogen-bond donors (Lipinski definition) is 0. The van der Waals surface area contributed by atoms with Crippen molar-refractivity contribution in [3.8, 4) is 17.0 Å². The van der Waals surface area contributed by atoms with Crippen molar-refractivity contribution in [3.63, 3.8) is 0 Å². The number of rotatable bonds is 8. The topological polar surface area (TPSA) is 48.4 Å². The number of esters is 1. The Balaban J connectivity index is 2.04. The number of pyridine rings is 1.